The average Bonchev–Trinajstić information content (AvgIpc) is 1.89. The van der Waals surface area contributed by atoms with Crippen LogP contribution in [0.4, 0.5) is 0 Å². The van der Waals surface area contributed by atoms with Gasteiger partial charge in [0.1, 0.15) is 13.2 Å². The third-order valence-electron chi connectivity index (χ3n) is 0.746. The van der Waals surface area contributed by atoms with Gasteiger partial charge in [0.25, 0.3) is 0 Å². The SMILES string of the molecule is CC=CCO[P+](=O)OCC. The average molecular weight is 163 g/mol. The Labute approximate surface area is 62.0 Å². The van der Waals surface area contributed by atoms with Crippen molar-refractivity contribution in [3.8, 4) is 0 Å². The van der Waals surface area contributed by atoms with E-state index in [4.69, 9.17) is 4.52 Å². The first-order valence-corrected chi connectivity index (χ1v) is 4.25. The highest BCUT2D eigenvalue weighted by Gasteiger charge is 2.16. The quantitative estimate of drug-likeness (QED) is 0.460. The van der Waals surface area contributed by atoms with Crippen molar-refractivity contribution in [3.63, 3.8) is 0 Å². The summed E-state index contributed by atoms with van der Waals surface area (Å²) in [4.78, 5) is 0. The lowest BCUT2D eigenvalue weighted by Gasteiger charge is -1.81. The van der Waals surface area contributed by atoms with Crippen LogP contribution in [-0.4, -0.2) is 13.2 Å². The summed E-state index contributed by atoms with van der Waals surface area (Å²) in [5, 5.41) is 0. The highest BCUT2D eigenvalue weighted by atomic mass is 31.1. The fourth-order valence-corrected chi connectivity index (χ4v) is 0.836. The van der Waals surface area contributed by atoms with Crippen LogP contribution in [0.3, 0.4) is 0 Å². The van der Waals surface area contributed by atoms with Crippen LogP contribution in [0.25, 0.3) is 0 Å². The second-order valence-corrected chi connectivity index (χ2v) is 2.47. The van der Waals surface area contributed by atoms with E-state index in [1.807, 2.05) is 13.0 Å². The monoisotopic (exact) mass is 163 g/mol. The molecule has 1 atom stereocenters. The van der Waals surface area contributed by atoms with E-state index in [-0.39, 0.29) is 0 Å². The van der Waals surface area contributed by atoms with Crippen molar-refractivity contribution in [2.75, 3.05) is 13.2 Å². The normalized spacial score (nSPS) is 12.4. The van der Waals surface area contributed by atoms with E-state index < -0.39 is 8.25 Å². The fourth-order valence-electron chi connectivity index (χ4n) is 0.343. The van der Waals surface area contributed by atoms with Crippen LogP contribution >= 0.6 is 8.25 Å². The maximum atomic E-state index is 10.6. The summed E-state index contributed by atoms with van der Waals surface area (Å²) in [5.41, 5.74) is 0. The summed E-state index contributed by atoms with van der Waals surface area (Å²) in [6, 6.07) is 0. The predicted molar refractivity (Wildman–Crippen MR) is 40.0 cm³/mol. The molecule has 0 aliphatic carbocycles. The molecule has 0 N–H and O–H groups in total. The molecule has 10 heavy (non-hydrogen) atoms. The molecule has 0 heterocycles. The maximum Gasteiger partial charge on any atom is 0.697 e. The van der Waals surface area contributed by atoms with Gasteiger partial charge >= 0.3 is 8.25 Å². The third-order valence-corrected chi connectivity index (χ3v) is 1.58. The second-order valence-electron chi connectivity index (χ2n) is 1.51. The predicted octanol–water partition coefficient (Wildman–Crippen LogP) is 2.27. The van der Waals surface area contributed by atoms with Crippen molar-refractivity contribution in [2.24, 2.45) is 0 Å². The molecule has 0 saturated heterocycles. The second kappa shape index (κ2) is 6.87. The molecule has 0 aliphatic heterocycles. The van der Waals surface area contributed by atoms with Gasteiger partial charge in [-0.15, -0.1) is 9.05 Å². The van der Waals surface area contributed by atoms with E-state index in [9.17, 15) is 4.57 Å². The molecule has 3 nitrogen and oxygen atoms in total. The molecule has 0 rings (SSSR count). The Morgan fingerprint density at radius 1 is 1.50 bits per heavy atom. The van der Waals surface area contributed by atoms with Crippen molar-refractivity contribution in [3.05, 3.63) is 12.2 Å². The lowest BCUT2D eigenvalue weighted by Crippen LogP contribution is -1.83. The standard InChI is InChI=1S/C6H12O3P/c1-3-5-6-9-10(7)8-4-2/h3,5H,4,6H2,1-2H3/q+1. The first-order valence-electron chi connectivity index (χ1n) is 3.15. The first-order chi connectivity index (χ1) is 4.81. The van der Waals surface area contributed by atoms with Crippen LogP contribution in [0.15, 0.2) is 12.2 Å². The Morgan fingerprint density at radius 3 is 2.70 bits per heavy atom. The molecule has 0 aromatic rings. The Kier molecular flexibility index (Phi) is 6.71. The zero-order valence-corrected chi connectivity index (χ0v) is 7.14. The van der Waals surface area contributed by atoms with Crippen molar-refractivity contribution < 1.29 is 13.6 Å². The molecule has 58 valence electrons. The molecule has 1 unspecified atom stereocenters. The van der Waals surface area contributed by atoms with E-state index >= 15 is 0 Å². The summed E-state index contributed by atoms with van der Waals surface area (Å²) in [6.07, 6.45) is 3.60. The van der Waals surface area contributed by atoms with Gasteiger partial charge in [-0.05, 0) is 13.8 Å². The van der Waals surface area contributed by atoms with Gasteiger partial charge in [0.15, 0.2) is 0 Å². The lowest BCUT2D eigenvalue weighted by molar-refractivity contribution is 0.251. The topological polar surface area (TPSA) is 35.5 Å². The molecule has 0 fully saturated rings. The van der Waals surface area contributed by atoms with Crippen molar-refractivity contribution in [1.82, 2.24) is 0 Å². The number of hydrogen-bond donors (Lipinski definition) is 0. The number of rotatable bonds is 5. The summed E-state index contributed by atoms with van der Waals surface area (Å²) < 4.78 is 20.0. The van der Waals surface area contributed by atoms with E-state index in [1.165, 1.54) is 0 Å². The van der Waals surface area contributed by atoms with E-state index in [0.29, 0.717) is 13.2 Å². The van der Waals surface area contributed by atoms with Gasteiger partial charge in [0.2, 0.25) is 0 Å². The third kappa shape index (κ3) is 5.89. The smallest absolute Gasteiger partial charge is 0.119 e. The van der Waals surface area contributed by atoms with Crippen LogP contribution in [0, 0.1) is 0 Å². The molecule has 0 aromatic heterocycles. The zero-order chi connectivity index (χ0) is 7.82. The maximum absolute atomic E-state index is 10.6. The zero-order valence-electron chi connectivity index (χ0n) is 6.24. The van der Waals surface area contributed by atoms with Gasteiger partial charge in [-0.2, -0.15) is 0 Å². The highest BCUT2D eigenvalue weighted by Crippen LogP contribution is 2.22. The highest BCUT2D eigenvalue weighted by molar-refractivity contribution is 7.33. The largest absolute Gasteiger partial charge is 0.697 e. The van der Waals surface area contributed by atoms with Gasteiger partial charge < -0.3 is 0 Å². The Balaban J connectivity index is 3.21. The summed E-state index contributed by atoms with van der Waals surface area (Å²) in [7, 11) is -1.89. The van der Waals surface area contributed by atoms with Crippen LogP contribution in [-0.2, 0) is 13.6 Å². The Bertz CT molecular complexity index is 122. The summed E-state index contributed by atoms with van der Waals surface area (Å²) >= 11 is 0. The Hall–Kier alpha value is -0.240. The molecule has 0 spiro atoms. The summed E-state index contributed by atoms with van der Waals surface area (Å²) in [5.74, 6) is 0. The van der Waals surface area contributed by atoms with Crippen LogP contribution in [0.5, 0.6) is 0 Å². The van der Waals surface area contributed by atoms with Crippen molar-refractivity contribution >= 4 is 8.25 Å². The van der Waals surface area contributed by atoms with Gasteiger partial charge in [-0.1, -0.05) is 12.2 Å². The fraction of sp³-hybridized carbons (Fsp3) is 0.667. The van der Waals surface area contributed by atoms with Crippen LogP contribution < -0.4 is 0 Å². The van der Waals surface area contributed by atoms with Crippen molar-refractivity contribution in [1.29, 1.82) is 0 Å². The minimum Gasteiger partial charge on any atom is -0.119 e. The van der Waals surface area contributed by atoms with Gasteiger partial charge in [0, 0.05) is 4.57 Å². The van der Waals surface area contributed by atoms with Crippen LogP contribution in [0.1, 0.15) is 13.8 Å². The first kappa shape index (κ1) is 9.76. The molecule has 0 aliphatic rings. The minimum atomic E-state index is -1.89. The molecule has 0 radical (unpaired) electrons. The van der Waals surface area contributed by atoms with E-state index in [2.05, 4.69) is 4.52 Å². The minimum absolute atomic E-state index is 0.353. The molecule has 0 amide bonds. The molecule has 0 aromatic carbocycles. The number of hydrogen-bond acceptors (Lipinski definition) is 3. The van der Waals surface area contributed by atoms with Gasteiger partial charge in [0.05, 0.1) is 0 Å². The molecular formula is C6H12O3P+. The van der Waals surface area contributed by atoms with Gasteiger partial charge in [-0.3, -0.25) is 0 Å². The van der Waals surface area contributed by atoms with Gasteiger partial charge in [-0.25, -0.2) is 0 Å². The number of allylic oxidation sites excluding steroid dienone is 1. The van der Waals surface area contributed by atoms with Crippen molar-refractivity contribution in [2.45, 2.75) is 13.8 Å². The molecule has 0 bridgehead atoms. The molecular weight excluding hydrogens is 151 g/mol. The Morgan fingerprint density at radius 2 is 2.20 bits per heavy atom. The van der Waals surface area contributed by atoms with E-state index in [0.717, 1.165) is 0 Å². The summed E-state index contributed by atoms with van der Waals surface area (Å²) in [6.45, 7) is 4.42. The molecule has 0 saturated carbocycles. The van der Waals surface area contributed by atoms with Crippen LogP contribution in [0.2, 0.25) is 0 Å². The van der Waals surface area contributed by atoms with E-state index in [1.54, 1.807) is 13.0 Å². The molecule has 4 heteroatoms. The lowest BCUT2D eigenvalue weighted by atomic mass is 10.6.